The van der Waals surface area contributed by atoms with Gasteiger partial charge in [0, 0.05) is 10.2 Å². The Balaban J connectivity index is 1.92. The minimum atomic E-state index is -0.0320. The molecule has 0 bridgehead atoms. The van der Waals surface area contributed by atoms with Crippen molar-refractivity contribution < 1.29 is 4.79 Å². The first kappa shape index (κ1) is 15.4. The van der Waals surface area contributed by atoms with E-state index in [1.165, 1.54) is 0 Å². The van der Waals surface area contributed by atoms with E-state index >= 15 is 0 Å². The molecule has 4 nitrogen and oxygen atoms in total. The highest BCUT2D eigenvalue weighted by Gasteiger charge is 2.26. The summed E-state index contributed by atoms with van der Waals surface area (Å²) in [6.45, 7) is 1.20. The van der Waals surface area contributed by atoms with Crippen molar-refractivity contribution in [3.05, 3.63) is 28.7 Å². The highest BCUT2D eigenvalue weighted by molar-refractivity contribution is 9.10. The molecule has 1 amide bonds. The van der Waals surface area contributed by atoms with E-state index in [0.29, 0.717) is 11.5 Å². The average molecular weight is 356 g/mol. The van der Waals surface area contributed by atoms with Crippen molar-refractivity contribution in [2.75, 3.05) is 18.4 Å². The highest BCUT2D eigenvalue weighted by atomic mass is 79.9. The van der Waals surface area contributed by atoms with Gasteiger partial charge < -0.3 is 11.1 Å². The second kappa shape index (κ2) is 7.15. The van der Waals surface area contributed by atoms with E-state index in [4.69, 9.17) is 18.0 Å². The van der Waals surface area contributed by atoms with Gasteiger partial charge in [-0.15, -0.1) is 0 Å². The summed E-state index contributed by atoms with van der Waals surface area (Å²) < 4.78 is 0.986. The Morgan fingerprint density at radius 3 is 2.75 bits per heavy atom. The number of benzene rings is 1. The number of hydrogen-bond acceptors (Lipinski definition) is 3. The second-order valence-corrected chi connectivity index (χ2v) is 6.33. The molecule has 0 aliphatic carbocycles. The first-order valence-corrected chi connectivity index (χ1v) is 7.85. The number of likely N-dealkylation sites (tertiary alicyclic amines) is 1. The van der Waals surface area contributed by atoms with Crippen LogP contribution in [0.25, 0.3) is 0 Å². The van der Waals surface area contributed by atoms with Crippen LogP contribution >= 0.6 is 28.1 Å². The zero-order valence-electron chi connectivity index (χ0n) is 11.1. The predicted octanol–water partition coefficient (Wildman–Crippen LogP) is 2.53. The number of thiocarbonyl (C=S) groups is 1. The van der Waals surface area contributed by atoms with Crippen LogP contribution in [0.2, 0.25) is 0 Å². The minimum Gasteiger partial charge on any atom is -0.392 e. The van der Waals surface area contributed by atoms with Crippen molar-refractivity contribution in [1.82, 2.24) is 4.90 Å². The number of hydrogen-bond donors (Lipinski definition) is 2. The summed E-state index contributed by atoms with van der Waals surface area (Å²) in [4.78, 5) is 14.6. The van der Waals surface area contributed by atoms with Gasteiger partial charge in [0.15, 0.2) is 0 Å². The number of carbonyl (C=O) groups excluding carboxylic acids is 1. The molecule has 1 aliphatic heterocycles. The molecule has 1 atom stereocenters. The average Bonchev–Trinajstić information content (AvgIpc) is 2.41. The first-order chi connectivity index (χ1) is 9.56. The van der Waals surface area contributed by atoms with Crippen molar-refractivity contribution in [2.45, 2.75) is 25.3 Å². The van der Waals surface area contributed by atoms with E-state index in [0.717, 1.165) is 36.0 Å². The van der Waals surface area contributed by atoms with Crippen molar-refractivity contribution in [3.8, 4) is 0 Å². The lowest BCUT2D eigenvalue weighted by molar-refractivity contribution is -0.117. The zero-order valence-corrected chi connectivity index (χ0v) is 13.5. The van der Waals surface area contributed by atoms with Gasteiger partial charge in [-0.25, -0.2) is 0 Å². The Morgan fingerprint density at radius 2 is 2.10 bits per heavy atom. The highest BCUT2D eigenvalue weighted by Crippen LogP contribution is 2.18. The van der Waals surface area contributed by atoms with Gasteiger partial charge in [0.25, 0.3) is 0 Å². The molecular formula is C14H18BrN3OS. The van der Waals surface area contributed by atoms with E-state index in [9.17, 15) is 4.79 Å². The summed E-state index contributed by atoms with van der Waals surface area (Å²) >= 11 is 8.45. The fourth-order valence-electron chi connectivity index (χ4n) is 2.42. The summed E-state index contributed by atoms with van der Waals surface area (Å²) in [5, 5.41) is 2.89. The summed E-state index contributed by atoms with van der Waals surface area (Å²) in [7, 11) is 0. The maximum atomic E-state index is 12.1. The van der Waals surface area contributed by atoms with E-state index < -0.39 is 0 Å². The zero-order chi connectivity index (χ0) is 14.5. The number of nitrogens with one attached hydrogen (secondary N) is 1. The molecule has 2 rings (SSSR count). The maximum Gasteiger partial charge on any atom is 0.238 e. The van der Waals surface area contributed by atoms with Crippen molar-refractivity contribution in [1.29, 1.82) is 0 Å². The summed E-state index contributed by atoms with van der Waals surface area (Å²) in [5.74, 6) is -0.0320. The fraction of sp³-hybridized carbons (Fsp3) is 0.429. The molecule has 0 saturated carbocycles. The lowest BCUT2D eigenvalue weighted by Gasteiger charge is -2.34. The van der Waals surface area contributed by atoms with E-state index in [1.54, 1.807) is 0 Å². The molecule has 0 spiro atoms. The molecule has 3 N–H and O–H groups in total. The summed E-state index contributed by atoms with van der Waals surface area (Å²) in [6, 6.07) is 7.57. The largest absolute Gasteiger partial charge is 0.392 e. The molecule has 1 saturated heterocycles. The molecule has 1 heterocycles. The minimum absolute atomic E-state index is 0.0320. The number of nitrogens with zero attached hydrogens (tertiary/aromatic N) is 1. The van der Waals surface area contributed by atoms with E-state index in [1.807, 2.05) is 24.3 Å². The van der Waals surface area contributed by atoms with Gasteiger partial charge in [0.2, 0.25) is 5.91 Å². The van der Waals surface area contributed by atoms with Crippen molar-refractivity contribution in [2.24, 2.45) is 5.73 Å². The third-order valence-electron chi connectivity index (χ3n) is 3.42. The number of rotatable bonds is 4. The number of nitrogens with two attached hydrogens (primary N) is 1. The number of carbonyl (C=O) groups is 1. The van der Waals surface area contributed by atoms with Gasteiger partial charge in [-0.3, -0.25) is 9.69 Å². The van der Waals surface area contributed by atoms with Crippen LogP contribution in [-0.2, 0) is 4.79 Å². The molecule has 20 heavy (non-hydrogen) atoms. The van der Waals surface area contributed by atoms with E-state index in [2.05, 4.69) is 26.1 Å². The Morgan fingerprint density at radius 1 is 1.40 bits per heavy atom. The molecule has 6 heteroatoms. The summed E-state index contributed by atoms with van der Waals surface area (Å²) in [5.41, 5.74) is 6.55. The lowest BCUT2D eigenvalue weighted by Crippen LogP contribution is -2.49. The molecule has 0 aromatic heterocycles. The van der Waals surface area contributed by atoms with Gasteiger partial charge in [-0.2, -0.15) is 0 Å². The van der Waals surface area contributed by atoms with Crippen LogP contribution in [0.4, 0.5) is 5.69 Å². The van der Waals surface area contributed by atoms with Gasteiger partial charge >= 0.3 is 0 Å². The molecular weight excluding hydrogens is 338 g/mol. The summed E-state index contributed by atoms with van der Waals surface area (Å²) in [6.07, 6.45) is 3.15. The maximum absolute atomic E-state index is 12.1. The van der Waals surface area contributed by atoms with Crippen molar-refractivity contribution in [3.63, 3.8) is 0 Å². The lowest BCUT2D eigenvalue weighted by atomic mass is 10.0. The second-order valence-electron chi connectivity index (χ2n) is 4.94. The number of amides is 1. The Bertz CT molecular complexity index is 492. The van der Waals surface area contributed by atoms with Gasteiger partial charge in [-0.1, -0.05) is 34.6 Å². The smallest absolute Gasteiger partial charge is 0.238 e. The molecule has 1 aromatic carbocycles. The van der Waals surface area contributed by atoms with E-state index in [-0.39, 0.29) is 11.9 Å². The topological polar surface area (TPSA) is 58.4 Å². The normalized spacial score (nSPS) is 19.6. The Kier molecular flexibility index (Phi) is 5.51. The molecule has 1 aliphatic rings. The van der Waals surface area contributed by atoms with Crippen LogP contribution in [0.15, 0.2) is 28.7 Å². The Labute approximate surface area is 132 Å². The quantitative estimate of drug-likeness (QED) is 0.814. The molecule has 1 unspecified atom stereocenters. The Hall–Kier alpha value is -0.980. The third-order valence-corrected chi connectivity index (χ3v) is 4.22. The molecule has 0 radical (unpaired) electrons. The molecule has 1 aromatic rings. The van der Waals surface area contributed by atoms with Crippen LogP contribution in [0, 0.1) is 0 Å². The van der Waals surface area contributed by atoms with Crippen LogP contribution in [0.1, 0.15) is 19.3 Å². The third kappa shape index (κ3) is 4.26. The molecule has 1 fully saturated rings. The first-order valence-electron chi connectivity index (χ1n) is 6.65. The number of anilines is 1. The van der Waals surface area contributed by atoms with Crippen LogP contribution in [-0.4, -0.2) is 34.9 Å². The van der Waals surface area contributed by atoms with Gasteiger partial charge in [0.05, 0.1) is 17.6 Å². The SMILES string of the molecule is NC(=S)C1CCCCN1CC(=O)Nc1ccc(Br)cc1. The van der Waals surface area contributed by atoms with Gasteiger partial charge in [0.1, 0.15) is 0 Å². The predicted molar refractivity (Wildman–Crippen MR) is 88.8 cm³/mol. The van der Waals surface area contributed by atoms with Crippen LogP contribution in [0.5, 0.6) is 0 Å². The standard InChI is InChI=1S/C14H18BrN3OS/c15-10-4-6-11(7-5-10)17-13(19)9-18-8-2-1-3-12(18)14(16)20/h4-7,12H,1-3,8-9H2,(H2,16,20)(H,17,19). The molecule has 108 valence electrons. The number of halogens is 1. The fourth-order valence-corrected chi connectivity index (χ4v) is 2.95. The number of piperidine rings is 1. The van der Waals surface area contributed by atoms with Crippen molar-refractivity contribution >= 4 is 44.7 Å². The van der Waals surface area contributed by atoms with Gasteiger partial charge in [-0.05, 0) is 43.7 Å². The monoisotopic (exact) mass is 355 g/mol. The van der Waals surface area contributed by atoms with Crippen LogP contribution < -0.4 is 11.1 Å². The van der Waals surface area contributed by atoms with Crippen LogP contribution in [0.3, 0.4) is 0 Å².